The van der Waals surface area contributed by atoms with Crippen molar-refractivity contribution in [3.8, 4) is 0 Å². The Morgan fingerprint density at radius 3 is 2.12 bits per heavy atom. The Bertz CT molecular complexity index is 852. The topological polar surface area (TPSA) is 91.8 Å². The van der Waals surface area contributed by atoms with E-state index in [1.54, 1.807) is 6.07 Å². The van der Waals surface area contributed by atoms with Gasteiger partial charge in [0.2, 0.25) is 20.0 Å². The average molecular weight is 372 g/mol. The molecule has 0 amide bonds. The number of rotatable bonds is 5. The van der Waals surface area contributed by atoms with Gasteiger partial charge < -0.3 is 0 Å². The minimum absolute atomic E-state index is 0.0636. The van der Waals surface area contributed by atoms with Gasteiger partial charge in [0.15, 0.2) is 5.78 Å². The molecule has 3 rings (SSSR count). The van der Waals surface area contributed by atoms with Gasteiger partial charge in [-0.3, -0.25) is 4.79 Å². The molecule has 0 unspecified atom stereocenters. The fraction of sp³-hybridized carbons (Fsp3) is 0.533. The quantitative estimate of drug-likeness (QED) is 0.709. The molecule has 2 aliphatic rings. The molecule has 24 heavy (non-hydrogen) atoms. The molecular formula is C15H20N2O5S2. The van der Waals surface area contributed by atoms with Gasteiger partial charge in [0.25, 0.3) is 0 Å². The van der Waals surface area contributed by atoms with Crippen LogP contribution in [0.4, 0.5) is 0 Å². The fourth-order valence-corrected chi connectivity index (χ4v) is 6.06. The zero-order valence-corrected chi connectivity index (χ0v) is 15.0. The first-order valence-electron chi connectivity index (χ1n) is 7.83. The van der Waals surface area contributed by atoms with Crippen molar-refractivity contribution >= 4 is 25.8 Å². The summed E-state index contributed by atoms with van der Waals surface area (Å²) in [6.07, 6.45) is 1.39. The summed E-state index contributed by atoms with van der Waals surface area (Å²) in [4.78, 5) is 11.5. The van der Waals surface area contributed by atoms with E-state index in [-0.39, 0.29) is 42.1 Å². The third kappa shape index (κ3) is 3.26. The van der Waals surface area contributed by atoms with Gasteiger partial charge in [0.05, 0.1) is 10.1 Å². The maximum atomic E-state index is 12.7. The first-order valence-corrected chi connectivity index (χ1v) is 10.8. The Morgan fingerprint density at radius 1 is 1.00 bits per heavy atom. The molecule has 7 nitrogen and oxygen atoms in total. The van der Waals surface area contributed by atoms with Crippen LogP contribution in [0.25, 0.3) is 0 Å². The highest BCUT2D eigenvalue weighted by atomic mass is 32.2. The molecule has 1 aromatic carbocycles. The SMILES string of the molecule is CC(=O)c1cccc(S(=O)(=O)N2CCN(S(=O)(=O)C3CC3)CC2)c1. The van der Waals surface area contributed by atoms with E-state index in [2.05, 4.69) is 0 Å². The minimum Gasteiger partial charge on any atom is -0.295 e. The summed E-state index contributed by atoms with van der Waals surface area (Å²) in [7, 11) is -7.01. The first-order chi connectivity index (χ1) is 11.2. The maximum absolute atomic E-state index is 12.7. The number of hydrogen-bond acceptors (Lipinski definition) is 5. The largest absolute Gasteiger partial charge is 0.295 e. The second-order valence-corrected chi connectivity index (χ2v) is 10.3. The van der Waals surface area contributed by atoms with E-state index >= 15 is 0 Å². The van der Waals surface area contributed by atoms with Gasteiger partial charge in [0, 0.05) is 31.7 Å². The molecule has 0 aromatic heterocycles. The smallest absolute Gasteiger partial charge is 0.243 e. The minimum atomic E-state index is -3.73. The zero-order chi connectivity index (χ0) is 17.5. The van der Waals surface area contributed by atoms with Crippen LogP contribution in [-0.4, -0.2) is 62.7 Å². The molecule has 0 radical (unpaired) electrons. The van der Waals surface area contributed by atoms with Crippen LogP contribution in [0, 0.1) is 0 Å². The predicted octanol–water partition coefficient (Wildman–Crippen LogP) is 0.688. The van der Waals surface area contributed by atoms with Crippen molar-refractivity contribution in [3.63, 3.8) is 0 Å². The number of carbonyl (C=O) groups excluding carboxylic acids is 1. The summed E-state index contributed by atoms with van der Waals surface area (Å²) in [6.45, 7) is 1.97. The third-order valence-electron chi connectivity index (χ3n) is 4.38. The lowest BCUT2D eigenvalue weighted by Gasteiger charge is -2.33. The van der Waals surface area contributed by atoms with E-state index < -0.39 is 20.0 Å². The highest BCUT2D eigenvalue weighted by Gasteiger charge is 2.42. The molecule has 9 heteroatoms. The van der Waals surface area contributed by atoms with Crippen LogP contribution in [0.3, 0.4) is 0 Å². The number of sulfonamides is 2. The molecule has 132 valence electrons. The Labute approximate surface area is 142 Å². The Kier molecular flexibility index (Phi) is 4.54. The molecule has 2 fully saturated rings. The van der Waals surface area contributed by atoms with Gasteiger partial charge in [-0.2, -0.15) is 8.61 Å². The number of ketones is 1. The van der Waals surface area contributed by atoms with Crippen molar-refractivity contribution in [1.29, 1.82) is 0 Å². The van der Waals surface area contributed by atoms with Crippen LogP contribution in [0.5, 0.6) is 0 Å². The number of nitrogens with zero attached hydrogens (tertiary/aromatic N) is 2. The number of benzene rings is 1. The maximum Gasteiger partial charge on any atom is 0.243 e. The number of piperazine rings is 1. The van der Waals surface area contributed by atoms with E-state index in [4.69, 9.17) is 0 Å². The van der Waals surface area contributed by atoms with Crippen LogP contribution in [0.2, 0.25) is 0 Å². The Hall–Kier alpha value is -1.29. The van der Waals surface area contributed by atoms with Crippen LogP contribution < -0.4 is 0 Å². The molecule has 1 aromatic rings. The molecule has 0 bridgehead atoms. The molecule has 0 N–H and O–H groups in total. The number of carbonyl (C=O) groups is 1. The molecule has 1 aliphatic carbocycles. The molecule has 1 aliphatic heterocycles. The van der Waals surface area contributed by atoms with E-state index in [9.17, 15) is 21.6 Å². The van der Waals surface area contributed by atoms with Gasteiger partial charge in [-0.05, 0) is 31.9 Å². The second-order valence-electron chi connectivity index (χ2n) is 6.13. The summed E-state index contributed by atoms with van der Waals surface area (Å²) in [5, 5.41) is -0.284. The van der Waals surface area contributed by atoms with Gasteiger partial charge in [0.1, 0.15) is 0 Å². The van der Waals surface area contributed by atoms with Crippen molar-refractivity contribution in [2.24, 2.45) is 0 Å². The van der Waals surface area contributed by atoms with Gasteiger partial charge in [-0.25, -0.2) is 16.8 Å². The van der Waals surface area contributed by atoms with Crippen molar-refractivity contribution in [3.05, 3.63) is 29.8 Å². The monoisotopic (exact) mass is 372 g/mol. The Balaban J connectivity index is 1.75. The van der Waals surface area contributed by atoms with Crippen LogP contribution in [0.1, 0.15) is 30.1 Å². The lowest BCUT2D eigenvalue weighted by molar-refractivity contribution is 0.101. The summed E-state index contributed by atoms with van der Waals surface area (Å²) < 4.78 is 52.5. The molecule has 1 saturated heterocycles. The van der Waals surface area contributed by atoms with E-state index in [1.807, 2.05) is 0 Å². The van der Waals surface area contributed by atoms with E-state index in [1.165, 1.54) is 33.7 Å². The highest BCUT2D eigenvalue weighted by molar-refractivity contribution is 7.90. The summed E-state index contributed by atoms with van der Waals surface area (Å²) in [5.74, 6) is -0.201. The predicted molar refractivity (Wildman–Crippen MR) is 88.7 cm³/mol. The third-order valence-corrected chi connectivity index (χ3v) is 8.67. The van der Waals surface area contributed by atoms with Gasteiger partial charge in [-0.15, -0.1) is 0 Å². The molecule has 0 spiro atoms. The lowest BCUT2D eigenvalue weighted by atomic mass is 10.2. The van der Waals surface area contributed by atoms with E-state index in [0.717, 1.165) is 0 Å². The number of hydrogen-bond donors (Lipinski definition) is 0. The van der Waals surface area contributed by atoms with Crippen molar-refractivity contribution in [2.45, 2.75) is 29.9 Å². The van der Waals surface area contributed by atoms with Crippen LogP contribution in [0.15, 0.2) is 29.2 Å². The normalized spacial score (nSPS) is 20.9. The fourth-order valence-electron chi connectivity index (χ4n) is 2.77. The van der Waals surface area contributed by atoms with Gasteiger partial charge >= 0.3 is 0 Å². The first kappa shape index (κ1) is 17.5. The van der Waals surface area contributed by atoms with E-state index in [0.29, 0.717) is 18.4 Å². The van der Waals surface area contributed by atoms with Crippen molar-refractivity contribution < 1.29 is 21.6 Å². The van der Waals surface area contributed by atoms with Crippen molar-refractivity contribution in [1.82, 2.24) is 8.61 Å². The summed E-state index contributed by atoms with van der Waals surface area (Å²) in [5.41, 5.74) is 0.339. The highest BCUT2D eigenvalue weighted by Crippen LogP contribution is 2.31. The molecule has 1 heterocycles. The zero-order valence-electron chi connectivity index (χ0n) is 13.4. The Morgan fingerprint density at radius 2 is 1.58 bits per heavy atom. The molecule has 0 atom stereocenters. The van der Waals surface area contributed by atoms with Gasteiger partial charge in [-0.1, -0.05) is 12.1 Å². The van der Waals surface area contributed by atoms with Crippen molar-refractivity contribution in [2.75, 3.05) is 26.2 Å². The second kappa shape index (κ2) is 6.21. The summed E-state index contributed by atoms with van der Waals surface area (Å²) >= 11 is 0. The lowest BCUT2D eigenvalue weighted by Crippen LogP contribution is -2.51. The molecular weight excluding hydrogens is 352 g/mol. The average Bonchev–Trinajstić information content (AvgIpc) is 3.40. The van der Waals surface area contributed by atoms with Crippen LogP contribution >= 0.6 is 0 Å². The standard InChI is InChI=1S/C15H20N2O5S2/c1-12(18)13-3-2-4-15(11-13)24(21,22)17-9-7-16(8-10-17)23(19,20)14-5-6-14/h2-4,11,14H,5-10H2,1H3. The summed E-state index contributed by atoms with van der Waals surface area (Å²) in [6, 6.07) is 5.93. The number of Topliss-reactive ketones (excluding diaryl/α,β-unsaturated/α-hetero) is 1. The molecule has 1 saturated carbocycles. The van der Waals surface area contributed by atoms with Crippen LogP contribution in [-0.2, 0) is 20.0 Å².